The van der Waals surface area contributed by atoms with Gasteiger partial charge < -0.3 is 18.9 Å². The van der Waals surface area contributed by atoms with Gasteiger partial charge in [0.2, 0.25) is 5.91 Å². The quantitative estimate of drug-likeness (QED) is 0.510. The molecule has 0 saturated carbocycles. The van der Waals surface area contributed by atoms with Gasteiger partial charge in [0.15, 0.2) is 0 Å². The van der Waals surface area contributed by atoms with E-state index in [1.54, 1.807) is 12.5 Å². The van der Waals surface area contributed by atoms with Crippen LogP contribution >= 0.6 is 11.8 Å². The highest BCUT2D eigenvalue weighted by Crippen LogP contribution is 2.43. The molecule has 168 valence electrons. The lowest BCUT2D eigenvalue weighted by Crippen LogP contribution is -2.32. The zero-order chi connectivity index (χ0) is 22.6. The molecule has 3 aromatic heterocycles. The number of hydrogen-bond donors (Lipinski definition) is 1. The Morgan fingerprint density at radius 3 is 2.88 bits per heavy atom. The van der Waals surface area contributed by atoms with Crippen LogP contribution in [0.5, 0.6) is 0 Å². The van der Waals surface area contributed by atoms with Gasteiger partial charge >= 0.3 is 0 Å². The number of rotatable bonds is 7. The van der Waals surface area contributed by atoms with Crippen molar-refractivity contribution in [1.82, 2.24) is 10.3 Å². The Morgan fingerprint density at radius 1 is 1.27 bits per heavy atom. The second-order valence-electron chi connectivity index (χ2n) is 8.00. The van der Waals surface area contributed by atoms with Crippen LogP contribution in [0.2, 0.25) is 0 Å². The van der Waals surface area contributed by atoms with Crippen molar-refractivity contribution in [2.24, 2.45) is 0 Å². The number of amides is 1. The van der Waals surface area contributed by atoms with Crippen molar-refractivity contribution in [3.63, 3.8) is 0 Å². The molecule has 4 heterocycles. The molecule has 0 spiro atoms. The van der Waals surface area contributed by atoms with E-state index in [4.69, 9.17) is 18.6 Å². The average Bonchev–Trinajstić information content (AvgIpc) is 3.64. The van der Waals surface area contributed by atoms with Crippen LogP contribution < -0.4 is 5.32 Å². The lowest BCUT2D eigenvalue weighted by molar-refractivity contribution is -0.119. The van der Waals surface area contributed by atoms with Crippen molar-refractivity contribution < 1.29 is 18.4 Å². The van der Waals surface area contributed by atoms with Gasteiger partial charge in [0.1, 0.15) is 22.6 Å². The number of pyridine rings is 1. The average molecular weight is 462 g/mol. The number of hydrogen-bond acceptors (Lipinski definition) is 7. The lowest BCUT2D eigenvalue weighted by atomic mass is 10.00. The molecule has 1 unspecified atom stereocenters. The molecule has 1 saturated heterocycles. The molecule has 1 amide bonds. The van der Waals surface area contributed by atoms with Gasteiger partial charge in [-0.25, -0.2) is 4.98 Å². The zero-order valence-electron chi connectivity index (χ0n) is 18.0. The number of nitrogens with zero attached hydrogens (tertiary/aromatic N) is 2. The summed E-state index contributed by atoms with van der Waals surface area (Å²) in [5, 5.41) is 13.5. The Hall–Kier alpha value is -3.28. The summed E-state index contributed by atoms with van der Waals surface area (Å²) in [4.78, 5) is 17.3. The predicted molar refractivity (Wildman–Crippen MR) is 124 cm³/mol. The number of carbonyl (C=O) groups excluding carboxylic acids is 1. The first-order chi connectivity index (χ1) is 16.2. The standard InChI is InChI=1S/C25H23N3O4S/c26-13-20-23(21-6-3-11-32-21)19-8-7-16(12-17-4-1-9-30-17)24(19)28-25(20)33-15-22(29)27-14-18-5-2-10-31-18/h1,3-4,6,9,11-12,18H,2,5,7-8,10,14-15H2,(H,27,29)/b16-12+. The first-order valence-corrected chi connectivity index (χ1v) is 12.0. The smallest absolute Gasteiger partial charge is 0.230 e. The number of nitriles is 1. The van der Waals surface area contributed by atoms with Crippen molar-refractivity contribution in [2.45, 2.75) is 36.8 Å². The van der Waals surface area contributed by atoms with E-state index in [1.165, 1.54) is 11.8 Å². The van der Waals surface area contributed by atoms with E-state index in [1.807, 2.05) is 30.3 Å². The van der Waals surface area contributed by atoms with Crippen LogP contribution in [0.4, 0.5) is 0 Å². The minimum atomic E-state index is -0.104. The number of furan rings is 2. The molecule has 2 aliphatic rings. The summed E-state index contributed by atoms with van der Waals surface area (Å²) >= 11 is 1.27. The number of aromatic nitrogens is 1. The molecule has 0 bridgehead atoms. The molecule has 1 N–H and O–H groups in total. The van der Waals surface area contributed by atoms with E-state index < -0.39 is 0 Å². The highest BCUT2D eigenvalue weighted by molar-refractivity contribution is 8.00. The number of nitrogens with one attached hydrogen (secondary N) is 1. The number of allylic oxidation sites excluding steroid dienone is 1. The van der Waals surface area contributed by atoms with E-state index in [0.717, 1.165) is 60.4 Å². The molecule has 1 aliphatic heterocycles. The lowest BCUT2D eigenvalue weighted by Gasteiger charge is -2.14. The summed E-state index contributed by atoms with van der Waals surface area (Å²) in [5.41, 5.74) is 4.07. The third-order valence-corrected chi connectivity index (χ3v) is 6.82. The third-order valence-electron chi connectivity index (χ3n) is 5.84. The largest absolute Gasteiger partial charge is 0.465 e. The monoisotopic (exact) mass is 461 g/mol. The van der Waals surface area contributed by atoms with Gasteiger partial charge in [0, 0.05) is 18.7 Å². The third kappa shape index (κ3) is 4.61. The van der Waals surface area contributed by atoms with Crippen molar-refractivity contribution in [3.05, 3.63) is 59.4 Å². The first-order valence-electron chi connectivity index (χ1n) is 11.0. The van der Waals surface area contributed by atoms with Crippen LogP contribution in [0.3, 0.4) is 0 Å². The molecule has 1 atom stereocenters. The highest BCUT2D eigenvalue weighted by atomic mass is 32.2. The van der Waals surface area contributed by atoms with Crippen molar-refractivity contribution in [3.8, 4) is 17.4 Å². The molecule has 7 nitrogen and oxygen atoms in total. The molecule has 8 heteroatoms. The van der Waals surface area contributed by atoms with Crippen LogP contribution in [0.1, 0.15) is 41.8 Å². The van der Waals surface area contributed by atoms with E-state index in [0.29, 0.717) is 22.9 Å². The summed E-state index contributed by atoms with van der Waals surface area (Å²) in [7, 11) is 0. The molecule has 3 aromatic rings. The van der Waals surface area contributed by atoms with Crippen LogP contribution in [0, 0.1) is 11.3 Å². The fourth-order valence-corrected chi connectivity index (χ4v) is 5.11. The Labute approximate surface area is 195 Å². The van der Waals surface area contributed by atoms with Crippen LogP contribution in [0.15, 0.2) is 50.7 Å². The van der Waals surface area contributed by atoms with Gasteiger partial charge in [-0.15, -0.1) is 0 Å². The summed E-state index contributed by atoms with van der Waals surface area (Å²) in [6.07, 6.45) is 8.86. The summed E-state index contributed by atoms with van der Waals surface area (Å²) in [5.74, 6) is 1.45. The molecular formula is C25H23N3O4S. The molecule has 1 aliphatic carbocycles. The maximum Gasteiger partial charge on any atom is 0.230 e. The molecule has 0 radical (unpaired) electrons. The molecule has 5 rings (SSSR count). The van der Waals surface area contributed by atoms with Gasteiger partial charge in [-0.05, 0) is 67.2 Å². The second kappa shape index (κ2) is 9.69. The number of carbonyl (C=O) groups is 1. The fraction of sp³-hybridized carbons (Fsp3) is 0.320. The van der Waals surface area contributed by atoms with Crippen LogP contribution in [0.25, 0.3) is 23.0 Å². The van der Waals surface area contributed by atoms with E-state index in [2.05, 4.69) is 11.4 Å². The maximum atomic E-state index is 12.5. The van der Waals surface area contributed by atoms with Gasteiger partial charge in [-0.1, -0.05) is 11.8 Å². The van der Waals surface area contributed by atoms with E-state index >= 15 is 0 Å². The summed E-state index contributed by atoms with van der Waals surface area (Å²) in [6.45, 7) is 1.26. The fourth-order valence-electron chi connectivity index (χ4n) is 4.29. The first kappa shape index (κ1) is 21.6. The molecule has 1 fully saturated rings. The van der Waals surface area contributed by atoms with Gasteiger partial charge in [-0.2, -0.15) is 5.26 Å². The maximum absolute atomic E-state index is 12.5. The SMILES string of the molecule is N#Cc1c(SCC(=O)NCC2CCCO2)nc2c(c1-c1ccco1)CC/C2=C\c1ccco1. The zero-order valence-corrected chi connectivity index (χ0v) is 18.8. The normalized spacial score (nSPS) is 18.4. The topological polar surface area (TPSA) is 101 Å². The van der Waals surface area contributed by atoms with Crippen molar-refractivity contribution in [2.75, 3.05) is 18.9 Å². The summed E-state index contributed by atoms with van der Waals surface area (Å²) < 4.78 is 16.7. The van der Waals surface area contributed by atoms with Gasteiger partial charge in [0.25, 0.3) is 0 Å². The molecule has 0 aromatic carbocycles. The minimum absolute atomic E-state index is 0.0894. The molecule has 33 heavy (non-hydrogen) atoms. The Kier molecular flexibility index (Phi) is 6.33. The van der Waals surface area contributed by atoms with Crippen LogP contribution in [-0.2, 0) is 16.0 Å². The number of thioether (sulfide) groups is 1. The van der Waals surface area contributed by atoms with Crippen molar-refractivity contribution in [1.29, 1.82) is 5.26 Å². The van der Waals surface area contributed by atoms with Crippen LogP contribution in [-0.4, -0.2) is 35.9 Å². The molecular weight excluding hydrogens is 438 g/mol. The van der Waals surface area contributed by atoms with Gasteiger partial charge in [-0.3, -0.25) is 4.79 Å². The number of ether oxygens (including phenoxy) is 1. The summed E-state index contributed by atoms with van der Waals surface area (Å²) in [6, 6.07) is 9.72. The second-order valence-corrected chi connectivity index (χ2v) is 8.96. The Morgan fingerprint density at radius 2 is 2.15 bits per heavy atom. The van der Waals surface area contributed by atoms with Gasteiger partial charge in [0.05, 0.1) is 35.6 Å². The highest BCUT2D eigenvalue weighted by Gasteiger charge is 2.29. The van der Waals surface area contributed by atoms with Crippen molar-refractivity contribution >= 4 is 29.3 Å². The predicted octanol–water partition coefficient (Wildman–Crippen LogP) is 4.68. The van der Waals surface area contributed by atoms with E-state index in [9.17, 15) is 10.1 Å². The minimum Gasteiger partial charge on any atom is -0.465 e. The number of fused-ring (bicyclic) bond motifs is 1. The Bertz CT molecular complexity index is 1200. The van der Waals surface area contributed by atoms with E-state index in [-0.39, 0.29) is 17.8 Å². The Balaban J connectivity index is 1.45.